The average molecular weight is 740 g/mol. The molecule has 0 aliphatic carbocycles. The summed E-state index contributed by atoms with van der Waals surface area (Å²) in [5.74, 6) is -1.97. The summed E-state index contributed by atoms with van der Waals surface area (Å²) in [6, 6.07) is 2.99. The van der Waals surface area contributed by atoms with Crippen LogP contribution in [0.1, 0.15) is 82.5 Å². The molecule has 52 heavy (non-hydrogen) atoms. The first-order valence-corrected chi connectivity index (χ1v) is 18.2. The van der Waals surface area contributed by atoms with E-state index in [2.05, 4.69) is 82.0 Å². The van der Waals surface area contributed by atoms with Crippen LogP contribution in [0.15, 0.2) is 97.4 Å². The minimum atomic E-state index is -1.54. The predicted molar refractivity (Wildman–Crippen MR) is 203 cm³/mol. The van der Waals surface area contributed by atoms with E-state index < -0.39 is 42.1 Å². The fourth-order valence-electron chi connectivity index (χ4n) is 4.11. The molecule has 0 unspecified atom stereocenters. The Bertz CT molecular complexity index is 1400. The van der Waals surface area contributed by atoms with Crippen LogP contribution < -0.4 is 10.6 Å². The monoisotopic (exact) mass is 739 g/mol. The molecule has 1 atom stereocenters. The second kappa shape index (κ2) is 28.8. The lowest BCUT2D eigenvalue weighted by atomic mass is 9.86. The molecule has 3 N–H and O–H groups in total. The normalized spacial score (nSPS) is 12.7. The molecule has 2 amide bonds. The Hall–Kier alpha value is -4.91. The smallest absolute Gasteiger partial charge is 0.450 e. The molecule has 13 heteroatoms. The largest absolute Gasteiger partial charge is 0.505 e. The van der Waals surface area contributed by atoms with Crippen LogP contribution >= 0.6 is 12.0 Å². The minimum Gasteiger partial charge on any atom is -0.450 e. The number of nitrogens with zero attached hydrogens (tertiary/aromatic N) is 1. The number of carbonyl (C=O) groups excluding carboxylic acids is 4. The summed E-state index contributed by atoms with van der Waals surface area (Å²) in [7, 11) is 0. The van der Waals surface area contributed by atoms with Gasteiger partial charge in [0.05, 0.1) is 24.0 Å². The van der Waals surface area contributed by atoms with E-state index in [1.165, 1.54) is 38.4 Å². The maximum absolute atomic E-state index is 13.0. The zero-order valence-electron chi connectivity index (χ0n) is 30.4. The van der Waals surface area contributed by atoms with E-state index in [4.69, 9.17) is 14.0 Å². The van der Waals surface area contributed by atoms with Crippen molar-refractivity contribution in [3.63, 3.8) is 0 Å². The Balaban J connectivity index is 2.23. The van der Waals surface area contributed by atoms with Crippen molar-refractivity contribution in [1.82, 2.24) is 15.6 Å². The molecule has 1 aromatic heterocycles. The highest BCUT2D eigenvalue weighted by atomic mass is 32.2. The maximum atomic E-state index is 13.0. The molecule has 0 aliphatic heterocycles. The molecule has 0 bridgehead atoms. The van der Waals surface area contributed by atoms with Gasteiger partial charge in [-0.05, 0) is 50.7 Å². The number of nitrogens with one attached hydrogen (secondary N) is 2. The molecule has 0 radical (unpaired) electrons. The fourth-order valence-corrected chi connectivity index (χ4v) is 4.57. The first-order chi connectivity index (χ1) is 25.1. The van der Waals surface area contributed by atoms with Gasteiger partial charge in [-0.2, -0.15) is 0 Å². The zero-order valence-corrected chi connectivity index (χ0v) is 31.2. The lowest BCUT2D eigenvalue weighted by molar-refractivity contribution is -0.138. The van der Waals surface area contributed by atoms with Gasteiger partial charge >= 0.3 is 18.1 Å². The summed E-state index contributed by atoms with van der Waals surface area (Å²) in [5.41, 5.74) is -1.13. The summed E-state index contributed by atoms with van der Waals surface area (Å²) in [5, 5.41) is 14.1. The van der Waals surface area contributed by atoms with Gasteiger partial charge < -0.3 is 29.4 Å². The first-order valence-electron chi connectivity index (χ1n) is 17.3. The average Bonchev–Trinajstić information content (AvgIpc) is 3.12. The summed E-state index contributed by atoms with van der Waals surface area (Å²) < 4.78 is 15.2. The van der Waals surface area contributed by atoms with Gasteiger partial charge in [0.2, 0.25) is 5.91 Å². The second-order valence-electron chi connectivity index (χ2n) is 11.9. The van der Waals surface area contributed by atoms with E-state index in [0.717, 1.165) is 44.1 Å². The van der Waals surface area contributed by atoms with Crippen LogP contribution in [0, 0.1) is 5.41 Å². The number of carboxylic acid groups (broad SMARTS) is 1. The van der Waals surface area contributed by atoms with Gasteiger partial charge in [-0.1, -0.05) is 93.7 Å². The number of allylic oxidation sites excluding steroid dienone is 11. The molecule has 0 saturated heterocycles. The Labute approximate surface area is 311 Å². The molecule has 0 fully saturated rings. The van der Waals surface area contributed by atoms with Crippen LogP contribution in [0.5, 0.6) is 0 Å². The molecule has 0 aromatic carbocycles. The van der Waals surface area contributed by atoms with Crippen molar-refractivity contribution in [3.8, 4) is 0 Å². The van der Waals surface area contributed by atoms with Gasteiger partial charge in [0.15, 0.2) is 6.10 Å². The SMILES string of the molecule is CCC=CCC=CCC=CCC=CCC=CCC=CCC(=O)OSCCNC(=O)CCNC(=O)[C@H](OC(=O)c1cccnc1)C(C)(C)COC(=O)O. The molecule has 1 aromatic rings. The van der Waals surface area contributed by atoms with E-state index in [0.29, 0.717) is 12.2 Å². The summed E-state index contributed by atoms with van der Waals surface area (Å²) >= 11 is 0.933. The number of carbonyl (C=O) groups is 5. The molecule has 0 saturated carbocycles. The first kappa shape index (κ1) is 45.1. The molecule has 284 valence electrons. The quantitative estimate of drug-likeness (QED) is 0.0379. The highest BCUT2D eigenvalue weighted by molar-refractivity contribution is 7.95. The van der Waals surface area contributed by atoms with Gasteiger partial charge in [0, 0.05) is 43.1 Å². The number of aromatic nitrogens is 1. The highest BCUT2D eigenvalue weighted by Crippen LogP contribution is 2.25. The fraction of sp³-hybridized carbons (Fsp3) is 0.436. The highest BCUT2D eigenvalue weighted by Gasteiger charge is 2.40. The lowest BCUT2D eigenvalue weighted by Gasteiger charge is -2.31. The number of hydrogen-bond acceptors (Lipinski definition) is 10. The van der Waals surface area contributed by atoms with Crippen molar-refractivity contribution in [2.75, 3.05) is 25.4 Å². The topological polar surface area (TPSA) is 170 Å². The van der Waals surface area contributed by atoms with Crippen molar-refractivity contribution in [2.24, 2.45) is 5.41 Å². The van der Waals surface area contributed by atoms with Gasteiger partial charge in [0.1, 0.15) is 6.61 Å². The van der Waals surface area contributed by atoms with Crippen LogP contribution in [0.2, 0.25) is 0 Å². The molecule has 1 rings (SSSR count). The number of pyridine rings is 1. The summed E-state index contributed by atoms with van der Waals surface area (Å²) in [4.78, 5) is 64.5. The Morgan fingerprint density at radius 2 is 1.42 bits per heavy atom. The molecular weight excluding hydrogens is 687 g/mol. The van der Waals surface area contributed by atoms with Crippen LogP contribution in [0.25, 0.3) is 0 Å². The van der Waals surface area contributed by atoms with Gasteiger partial charge in [-0.3, -0.25) is 19.4 Å². The standard InChI is InChI=1S/C39H53N3O9S/c1-4-5-6-7-8-9-10-11-12-13-14-15-16-17-18-19-20-21-24-34(44)51-52-29-28-41-33(43)25-27-42-36(45)35(39(2,3)31-49-38(47)48)50-37(46)32-23-22-26-40-30-32/h5-6,8-9,11-12,14-15,17-18,20-23,26,30,35H,4,7,10,13,16,19,24-25,27-29,31H2,1-3H3,(H,41,43)(H,42,45)(H,47,48)/t35-/m0/s1. The summed E-state index contributed by atoms with van der Waals surface area (Å²) in [6.45, 7) is 4.89. The van der Waals surface area contributed by atoms with Gasteiger partial charge in [-0.25, -0.2) is 9.59 Å². The minimum absolute atomic E-state index is 0.0738. The Kier molecular flexibility index (Phi) is 24.9. The molecular formula is C39H53N3O9S. The van der Waals surface area contributed by atoms with Crippen LogP contribution in [0.4, 0.5) is 4.79 Å². The van der Waals surface area contributed by atoms with E-state index in [1.54, 1.807) is 6.08 Å². The molecule has 1 heterocycles. The van der Waals surface area contributed by atoms with Crippen molar-refractivity contribution in [1.29, 1.82) is 0 Å². The van der Waals surface area contributed by atoms with Gasteiger partial charge in [0.25, 0.3) is 5.91 Å². The molecule has 12 nitrogen and oxygen atoms in total. The van der Waals surface area contributed by atoms with Crippen molar-refractivity contribution < 1.29 is 42.7 Å². The predicted octanol–water partition coefficient (Wildman–Crippen LogP) is 7.23. The Morgan fingerprint density at radius 3 is 1.96 bits per heavy atom. The van der Waals surface area contributed by atoms with E-state index >= 15 is 0 Å². The molecule has 0 aliphatic rings. The lowest BCUT2D eigenvalue weighted by Crippen LogP contribution is -2.49. The van der Waals surface area contributed by atoms with Gasteiger partial charge in [-0.15, -0.1) is 0 Å². The van der Waals surface area contributed by atoms with Crippen LogP contribution in [-0.4, -0.2) is 71.6 Å². The number of amides is 2. The number of esters is 1. The number of rotatable bonds is 26. The number of hydrogen-bond donors (Lipinski definition) is 3. The van der Waals surface area contributed by atoms with Crippen molar-refractivity contribution >= 4 is 42.0 Å². The van der Waals surface area contributed by atoms with E-state index in [9.17, 15) is 24.0 Å². The van der Waals surface area contributed by atoms with Crippen molar-refractivity contribution in [2.45, 2.75) is 78.2 Å². The summed E-state index contributed by atoms with van der Waals surface area (Å²) in [6.07, 6.45) is 30.4. The zero-order chi connectivity index (χ0) is 38.3. The van der Waals surface area contributed by atoms with Crippen LogP contribution in [0.3, 0.4) is 0 Å². The maximum Gasteiger partial charge on any atom is 0.505 e. The third-order valence-corrected chi connectivity index (χ3v) is 7.50. The van der Waals surface area contributed by atoms with E-state index in [1.807, 2.05) is 12.2 Å². The third-order valence-electron chi connectivity index (χ3n) is 6.83. The second-order valence-corrected chi connectivity index (χ2v) is 12.7. The van der Waals surface area contributed by atoms with E-state index in [-0.39, 0.29) is 37.4 Å². The van der Waals surface area contributed by atoms with Crippen LogP contribution in [-0.2, 0) is 28.0 Å². The Morgan fingerprint density at radius 1 is 0.846 bits per heavy atom. The number of ether oxygens (including phenoxy) is 2. The van der Waals surface area contributed by atoms with Crippen molar-refractivity contribution in [3.05, 3.63) is 103 Å². The third kappa shape index (κ3) is 23.5. The molecule has 0 spiro atoms.